The van der Waals surface area contributed by atoms with Crippen molar-refractivity contribution in [2.75, 3.05) is 7.11 Å². The van der Waals surface area contributed by atoms with E-state index in [0.717, 1.165) is 33.6 Å². The standard InChI is InChI=1S/C21H21N5O2/c1-13-4-9-17-16(12-13)19(25-24-17)21(27)23-18(20-22-10-11-26(20)2)14-5-7-15(28-3)8-6-14/h4-12,18H,1-3H3,(H,23,27)(H,24,25). The summed E-state index contributed by atoms with van der Waals surface area (Å²) in [4.78, 5) is 17.5. The van der Waals surface area contributed by atoms with E-state index in [4.69, 9.17) is 4.74 Å². The molecule has 2 heterocycles. The minimum atomic E-state index is -0.421. The minimum Gasteiger partial charge on any atom is -0.497 e. The third-order valence-electron chi connectivity index (χ3n) is 4.77. The molecular formula is C21H21N5O2. The lowest BCUT2D eigenvalue weighted by Gasteiger charge is -2.19. The van der Waals surface area contributed by atoms with E-state index in [-0.39, 0.29) is 5.91 Å². The second-order valence-electron chi connectivity index (χ2n) is 6.70. The number of carbonyl (C=O) groups excluding carboxylic acids is 1. The number of hydrogen-bond donors (Lipinski definition) is 2. The Morgan fingerprint density at radius 2 is 2.00 bits per heavy atom. The van der Waals surface area contributed by atoms with Gasteiger partial charge in [-0.3, -0.25) is 9.89 Å². The Labute approximate surface area is 162 Å². The van der Waals surface area contributed by atoms with Crippen molar-refractivity contribution in [3.63, 3.8) is 0 Å². The summed E-state index contributed by atoms with van der Waals surface area (Å²) < 4.78 is 7.13. The lowest BCUT2D eigenvalue weighted by molar-refractivity contribution is 0.0937. The largest absolute Gasteiger partial charge is 0.497 e. The average molecular weight is 375 g/mol. The van der Waals surface area contributed by atoms with Crippen LogP contribution in [0.15, 0.2) is 54.9 Å². The van der Waals surface area contributed by atoms with Crippen LogP contribution in [0.1, 0.15) is 33.5 Å². The molecular weight excluding hydrogens is 354 g/mol. The summed E-state index contributed by atoms with van der Waals surface area (Å²) in [7, 11) is 3.52. The molecule has 7 heteroatoms. The Hall–Kier alpha value is -3.61. The lowest BCUT2D eigenvalue weighted by atomic mass is 10.0. The van der Waals surface area contributed by atoms with E-state index >= 15 is 0 Å². The molecule has 28 heavy (non-hydrogen) atoms. The van der Waals surface area contributed by atoms with Gasteiger partial charge < -0.3 is 14.6 Å². The number of hydrogen-bond acceptors (Lipinski definition) is 4. The Kier molecular flexibility index (Phi) is 4.57. The van der Waals surface area contributed by atoms with Gasteiger partial charge in [0.1, 0.15) is 17.6 Å². The van der Waals surface area contributed by atoms with Gasteiger partial charge in [-0.25, -0.2) is 4.98 Å². The summed E-state index contributed by atoms with van der Waals surface area (Å²) in [5.41, 5.74) is 3.17. The third kappa shape index (κ3) is 3.22. The van der Waals surface area contributed by atoms with Gasteiger partial charge in [0, 0.05) is 24.8 Å². The molecule has 1 atom stereocenters. The predicted molar refractivity (Wildman–Crippen MR) is 106 cm³/mol. The second-order valence-corrected chi connectivity index (χ2v) is 6.70. The van der Waals surface area contributed by atoms with Crippen molar-refractivity contribution in [1.29, 1.82) is 0 Å². The number of ether oxygens (including phenoxy) is 1. The average Bonchev–Trinajstić information content (AvgIpc) is 3.32. The number of aryl methyl sites for hydroxylation is 2. The third-order valence-corrected chi connectivity index (χ3v) is 4.77. The van der Waals surface area contributed by atoms with E-state index in [0.29, 0.717) is 5.69 Å². The van der Waals surface area contributed by atoms with Gasteiger partial charge in [-0.05, 0) is 36.8 Å². The Morgan fingerprint density at radius 3 is 2.68 bits per heavy atom. The summed E-state index contributed by atoms with van der Waals surface area (Å²) in [6.45, 7) is 1.99. The molecule has 0 aliphatic heterocycles. The van der Waals surface area contributed by atoms with Crippen LogP contribution in [0.2, 0.25) is 0 Å². The first-order valence-corrected chi connectivity index (χ1v) is 8.93. The van der Waals surface area contributed by atoms with Crippen molar-refractivity contribution < 1.29 is 9.53 Å². The first-order chi connectivity index (χ1) is 13.6. The fourth-order valence-electron chi connectivity index (χ4n) is 3.25. The van der Waals surface area contributed by atoms with Gasteiger partial charge in [0.25, 0.3) is 5.91 Å². The number of rotatable bonds is 5. The molecule has 0 fully saturated rings. The van der Waals surface area contributed by atoms with E-state index in [9.17, 15) is 4.79 Å². The van der Waals surface area contributed by atoms with Gasteiger partial charge in [0.05, 0.1) is 12.6 Å². The molecule has 0 bridgehead atoms. The Morgan fingerprint density at radius 1 is 1.21 bits per heavy atom. The fraction of sp³-hybridized carbons (Fsp3) is 0.190. The zero-order chi connectivity index (χ0) is 19.7. The van der Waals surface area contributed by atoms with E-state index in [1.165, 1.54) is 0 Å². The Bertz CT molecular complexity index is 1130. The van der Waals surface area contributed by atoms with Crippen LogP contribution >= 0.6 is 0 Å². The van der Waals surface area contributed by atoms with Crippen LogP contribution in [0, 0.1) is 6.92 Å². The van der Waals surface area contributed by atoms with Gasteiger partial charge in [-0.15, -0.1) is 0 Å². The number of aromatic amines is 1. The highest BCUT2D eigenvalue weighted by Gasteiger charge is 2.24. The van der Waals surface area contributed by atoms with E-state index in [2.05, 4.69) is 20.5 Å². The number of aromatic nitrogens is 4. The fourth-order valence-corrected chi connectivity index (χ4v) is 3.25. The van der Waals surface area contributed by atoms with Crippen LogP contribution in [0.25, 0.3) is 10.9 Å². The summed E-state index contributed by atoms with van der Waals surface area (Å²) in [5, 5.41) is 11.0. The molecule has 0 saturated heterocycles. The van der Waals surface area contributed by atoms with Gasteiger partial charge in [0.15, 0.2) is 5.69 Å². The zero-order valence-electron chi connectivity index (χ0n) is 15.9. The topological polar surface area (TPSA) is 84.8 Å². The lowest BCUT2D eigenvalue weighted by Crippen LogP contribution is -2.31. The number of fused-ring (bicyclic) bond motifs is 1. The highest BCUT2D eigenvalue weighted by Crippen LogP contribution is 2.24. The molecule has 4 aromatic rings. The summed E-state index contributed by atoms with van der Waals surface area (Å²) in [5.74, 6) is 1.22. The zero-order valence-corrected chi connectivity index (χ0v) is 15.9. The summed E-state index contributed by atoms with van der Waals surface area (Å²) in [6.07, 6.45) is 3.57. The molecule has 0 saturated carbocycles. The smallest absolute Gasteiger partial charge is 0.273 e. The quantitative estimate of drug-likeness (QED) is 0.561. The maximum absolute atomic E-state index is 13.1. The molecule has 2 N–H and O–H groups in total. The van der Waals surface area contributed by atoms with E-state index < -0.39 is 6.04 Å². The Balaban J connectivity index is 1.71. The molecule has 1 unspecified atom stereocenters. The highest BCUT2D eigenvalue weighted by atomic mass is 16.5. The molecule has 2 aromatic heterocycles. The van der Waals surface area contributed by atoms with Crippen molar-refractivity contribution in [1.82, 2.24) is 25.1 Å². The predicted octanol–water partition coefficient (Wildman–Crippen LogP) is 3.13. The van der Waals surface area contributed by atoms with Crippen LogP contribution in [0.4, 0.5) is 0 Å². The molecule has 4 rings (SSSR count). The molecule has 0 spiro atoms. The van der Waals surface area contributed by atoms with Gasteiger partial charge in [-0.1, -0.05) is 23.8 Å². The molecule has 2 aromatic carbocycles. The van der Waals surface area contributed by atoms with Crippen molar-refractivity contribution in [2.45, 2.75) is 13.0 Å². The molecule has 0 aliphatic rings. The minimum absolute atomic E-state index is 0.263. The number of methoxy groups -OCH3 is 1. The van der Waals surface area contributed by atoms with Crippen molar-refractivity contribution in [2.24, 2.45) is 7.05 Å². The summed E-state index contributed by atoms with van der Waals surface area (Å²) in [6, 6.07) is 13.0. The van der Waals surface area contributed by atoms with Crippen LogP contribution in [0.3, 0.4) is 0 Å². The van der Waals surface area contributed by atoms with E-state index in [1.54, 1.807) is 13.3 Å². The number of amides is 1. The number of nitrogens with one attached hydrogen (secondary N) is 2. The molecule has 142 valence electrons. The maximum atomic E-state index is 13.1. The van der Waals surface area contributed by atoms with Crippen molar-refractivity contribution in [3.05, 3.63) is 77.5 Å². The second kappa shape index (κ2) is 7.19. The molecule has 1 amide bonds. The molecule has 7 nitrogen and oxygen atoms in total. The van der Waals surface area contributed by atoms with Crippen LogP contribution in [-0.4, -0.2) is 32.8 Å². The maximum Gasteiger partial charge on any atom is 0.273 e. The number of carbonyl (C=O) groups is 1. The van der Waals surface area contributed by atoms with Gasteiger partial charge in [-0.2, -0.15) is 5.10 Å². The van der Waals surface area contributed by atoms with Crippen LogP contribution in [-0.2, 0) is 7.05 Å². The van der Waals surface area contributed by atoms with Gasteiger partial charge >= 0.3 is 0 Å². The number of nitrogens with zero attached hydrogens (tertiary/aromatic N) is 3. The van der Waals surface area contributed by atoms with Crippen LogP contribution < -0.4 is 10.1 Å². The first-order valence-electron chi connectivity index (χ1n) is 8.93. The molecule has 0 aliphatic carbocycles. The normalized spacial score (nSPS) is 12.1. The number of imidazole rings is 1. The highest BCUT2D eigenvalue weighted by molar-refractivity contribution is 6.05. The summed E-state index contributed by atoms with van der Waals surface area (Å²) >= 11 is 0. The number of H-pyrrole nitrogens is 1. The van der Waals surface area contributed by atoms with Gasteiger partial charge in [0.2, 0.25) is 0 Å². The SMILES string of the molecule is COc1ccc(C(NC(=O)c2n[nH]c3ccc(C)cc23)c2nccn2C)cc1. The van der Waals surface area contributed by atoms with E-state index in [1.807, 2.05) is 67.2 Å². The van der Waals surface area contributed by atoms with Crippen molar-refractivity contribution in [3.8, 4) is 5.75 Å². The number of benzene rings is 2. The first kappa shape index (κ1) is 17.8. The van der Waals surface area contributed by atoms with Crippen molar-refractivity contribution >= 4 is 16.8 Å². The van der Waals surface area contributed by atoms with Crippen LogP contribution in [0.5, 0.6) is 5.75 Å². The molecule has 0 radical (unpaired) electrons. The monoisotopic (exact) mass is 375 g/mol.